The molecule has 4 aromatic carbocycles. The van der Waals surface area contributed by atoms with Crippen LogP contribution in [0.15, 0.2) is 84.9 Å². The summed E-state index contributed by atoms with van der Waals surface area (Å²) in [6.45, 7) is 0. The standard InChI is InChI=1S/C23H15N3O/c27-23(16-7-2-1-3-8-16)24-17-11-13-19-21(14-17)26-22-18-9-5-4-6-15(18)10-12-20(22)25-19/h1-14H,(H,24,27). The number of carbonyl (C=O) groups excluding carboxylic acids is 1. The molecule has 0 radical (unpaired) electrons. The van der Waals surface area contributed by atoms with Gasteiger partial charge in [-0.05, 0) is 41.8 Å². The fourth-order valence-electron chi connectivity index (χ4n) is 3.28. The average Bonchev–Trinajstić information content (AvgIpc) is 2.73. The van der Waals surface area contributed by atoms with Crippen molar-refractivity contribution in [2.45, 2.75) is 0 Å². The number of rotatable bonds is 2. The van der Waals surface area contributed by atoms with Crippen LogP contribution in [0.4, 0.5) is 5.69 Å². The van der Waals surface area contributed by atoms with E-state index < -0.39 is 0 Å². The van der Waals surface area contributed by atoms with Gasteiger partial charge in [0.05, 0.1) is 22.1 Å². The molecule has 4 heteroatoms. The summed E-state index contributed by atoms with van der Waals surface area (Å²) in [5.74, 6) is -0.144. The predicted molar refractivity (Wildman–Crippen MR) is 109 cm³/mol. The van der Waals surface area contributed by atoms with E-state index in [9.17, 15) is 4.79 Å². The first kappa shape index (κ1) is 15.5. The van der Waals surface area contributed by atoms with Crippen LogP contribution < -0.4 is 5.32 Å². The van der Waals surface area contributed by atoms with E-state index in [1.165, 1.54) is 0 Å². The molecule has 0 fully saturated rings. The van der Waals surface area contributed by atoms with Crippen LogP contribution >= 0.6 is 0 Å². The van der Waals surface area contributed by atoms with Crippen molar-refractivity contribution in [1.29, 1.82) is 0 Å². The molecule has 1 heterocycles. The first-order chi connectivity index (χ1) is 13.3. The molecule has 0 spiro atoms. The van der Waals surface area contributed by atoms with Crippen molar-refractivity contribution >= 4 is 44.4 Å². The van der Waals surface area contributed by atoms with Gasteiger partial charge in [-0.15, -0.1) is 0 Å². The molecule has 27 heavy (non-hydrogen) atoms. The highest BCUT2D eigenvalue weighted by Gasteiger charge is 2.09. The Morgan fingerprint density at radius 1 is 0.704 bits per heavy atom. The van der Waals surface area contributed by atoms with Gasteiger partial charge in [-0.1, -0.05) is 48.5 Å². The second-order valence-electron chi connectivity index (χ2n) is 6.40. The lowest BCUT2D eigenvalue weighted by atomic mass is 10.1. The van der Waals surface area contributed by atoms with Crippen molar-refractivity contribution in [3.8, 4) is 0 Å². The van der Waals surface area contributed by atoms with Crippen LogP contribution in [0.3, 0.4) is 0 Å². The summed E-state index contributed by atoms with van der Waals surface area (Å²) in [5, 5.41) is 5.13. The van der Waals surface area contributed by atoms with Gasteiger partial charge in [0.15, 0.2) is 0 Å². The van der Waals surface area contributed by atoms with E-state index in [1.807, 2.05) is 54.6 Å². The summed E-state index contributed by atoms with van der Waals surface area (Å²) in [5.41, 5.74) is 4.60. The average molecular weight is 349 g/mol. The van der Waals surface area contributed by atoms with Crippen LogP contribution in [-0.4, -0.2) is 15.9 Å². The van der Waals surface area contributed by atoms with Gasteiger partial charge < -0.3 is 5.32 Å². The Hall–Kier alpha value is -3.79. The molecule has 5 rings (SSSR count). The summed E-state index contributed by atoms with van der Waals surface area (Å²) in [6, 6.07) is 27.0. The first-order valence-electron chi connectivity index (χ1n) is 8.74. The number of anilines is 1. The fraction of sp³-hybridized carbons (Fsp3) is 0. The number of nitrogens with one attached hydrogen (secondary N) is 1. The number of carbonyl (C=O) groups is 1. The molecule has 5 aromatic rings. The van der Waals surface area contributed by atoms with Crippen molar-refractivity contribution < 1.29 is 4.79 Å². The minimum absolute atomic E-state index is 0.144. The quantitative estimate of drug-likeness (QED) is 0.352. The minimum Gasteiger partial charge on any atom is -0.322 e. The Balaban J connectivity index is 1.61. The molecule has 0 aliphatic carbocycles. The van der Waals surface area contributed by atoms with Crippen LogP contribution in [0, 0.1) is 0 Å². The molecule has 0 aliphatic heterocycles. The van der Waals surface area contributed by atoms with Crippen molar-refractivity contribution in [1.82, 2.24) is 9.97 Å². The number of benzene rings is 4. The van der Waals surface area contributed by atoms with Crippen molar-refractivity contribution in [2.75, 3.05) is 5.32 Å². The van der Waals surface area contributed by atoms with Crippen LogP contribution in [0.5, 0.6) is 0 Å². The second-order valence-corrected chi connectivity index (χ2v) is 6.40. The van der Waals surface area contributed by atoms with E-state index in [0.717, 1.165) is 32.8 Å². The molecule has 1 N–H and O–H groups in total. The molecule has 0 saturated carbocycles. The van der Waals surface area contributed by atoms with E-state index in [0.29, 0.717) is 11.3 Å². The minimum atomic E-state index is -0.144. The predicted octanol–water partition coefficient (Wildman–Crippen LogP) is 5.19. The highest BCUT2D eigenvalue weighted by atomic mass is 16.1. The Labute approximate surface area is 155 Å². The highest BCUT2D eigenvalue weighted by Crippen LogP contribution is 2.26. The molecule has 0 saturated heterocycles. The third-order valence-electron chi connectivity index (χ3n) is 4.62. The van der Waals surface area contributed by atoms with Gasteiger partial charge in [-0.2, -0.15) is 0 Å². The van der Waals surface area contributed by atoms with E-state index in [1.54, 1.807) is 12.1 Å². The normalized spacial score (nSPS) is 11.1. The zero-order valence-electron chi connectivity index (χ0n) is 14.4. The smallest absolute Gasteiger partial charge is 0.255 e. The van der Waals surface area contributed by atoms with Crippen LogP contribution in [0.1, 0.15) is 10.4 Å². The summed E-state index contributed by atoms with van der Waals surface area (Å²) in [6.07, 6.45) is 0. The third-order valence-corrected chi connectivity index (χ3v) is 4.62. The van der Waals surface area contributed by atoms with Gasteiger partial charge in [-0.25, -0.2) is 9.97 Å². The van der Waals surface area contributed by atoms with Crippen molar-refractivity contribution in [2.24, 2.45) is 0 Å². The van der Waals surface area contributed by atoms with Gasteiger partial charge in [-0.3, -0.25) is 4.79 Å². The molecule has 0 aliphatic rings. The Morgan fingerprint density at radius 2 is 1.48 bits per heavy atom. The third kappa shape index (κ3) is 2.77. The van der Waals surface area contributed by atoms with E-state index in [4.69, 9.17) is 9.97 Å². The maximum Gasteiger partial charge on any atom is 0.255 e. The van der Waals surface area contributed by atoms with Gasteiger partial charge >= 0.3 is 0 Å². The molecule has 0 unspecified atom stereocenters. The number of nitrogens with zero attached hydrogens (tertiary/aromatic N) is 2. The fourth-order valence-corrected chi connectivity index (χ4v) is 3.28. The number of aromatic nitrogens is 2. The lowest BCUT2D eigenvalue weighted by Crippen LogP contribution is -2.11. The maximum absolute atomic E-state index is 12.4. The number of hydrogen-bond acceptors (Lipinski definition) is 3. The zero-order chi connectivity index (χ0) is 18.2. The zero-order valence-corrected chi connectivity index (χ0v) is 14.4. The first-order valence-corrected chi connectivity index (χ1v) is 8.74. The monoisotopic (exact) mass is 349 g/mol. The lowest BCUT2D eigenvalue weighted by Gasteiger charge is -2.08. The van der Waals surface area contributed by atoms with Crippen LogP contribution in [0.25, 0.3) is 32.8 Å². The Morgan fingerprint density at radius 3 is 2.37 bits per heavy atom. The largest absolute Gasteiger partial charge is 0.322 e. The lowest BCUT2D eigenvalue weighted by molar-refractivity contribution is 0.102. The molecule has 0 atom stereocenters. The number of hydrogen-bond donors (Lipinski definition) is 1. The van der Waals surface area contributed by atoms with Crippen LogP contribution in [-0.2, 0) is 0 Å². The van der Waals surface area contributed by atoms with Crippen molar-refractivity contribution in [3.05, 3.63) is 90.5 Å². The summed E-state index contributed by atoms with van der Waals surface area (Å²) < 4.78 is 0. The Kier molecular flexibility index (Phi) is 3.54. The second kappa shape index (κ2) is 6.18. The van der Waals surface area contributed by atoms with E-state index in [-0.39, 0.29) is 5.91 Å². The molecule has 0 bridgehead atoms. The molecular formula is C23H15N3O. The number of fused-ring (bicyclic) bond motifs is 4. The van der Waals surface area contributed by atoms with Gasteiger partial charge in [0.25, 0.3) is 5.91 Å². The summed E-state index contributed by atoms with van der Waals surface area (Å²) >= 11 is 0. The maximum atomic E-state index is 12.4. The summed E-state index contributed by atoms with van der Waals surface area (Å²) in [4.78, 5) is 22.0. The van der Waals surface area contributed by atoms with Gasteiger partial charge in [0.2, 0.25) is 0 Å². The molecule has 4 nitrogen and oxygen atoms in total. The van der Waals surface area contributed by atoms with Crippen molar-refractivity contribution in [3.63, 3.8) is 0 Å². The molecule has 1 aromatic heterocycles. The summed E-state index contributed by atoms with van der Waals surface area (Å²) in [7, 11) is 0. The number of amides is 1. The van der Waals surface area contributed by atoms with E-state index in [2.05, 4.69) is 23.5 Å². The molecule has 1 amide bonds. The molecular weight excluding hydrogens is 334 g/mol. The van der Waals surface area contributed by atoms with Crippen LogP contribution in [0.2, 0.25) is 0 Å². The van der Waals surface area contributed by atoms with Gasteiger partial charge in [0.1, 0.15) is 0 Å². The van der Waals surface area contributed by atoms with E-state index >= 15 is 0 Å². The van der Waals surface area contributed by atoms with Gasteiger partial charge in [0, 0.05) is 16.6 Å². The molecule has 128 valence electrons. The highest BCUT2D eigenvalue weighted by molar-refractivity contribution is 6.07. The Bertz CT molecular complexity index is 1310. The SMILES string of the molecule is O=C(Nc1ccc2nc3ccc4ccccc4c3nc2c1)c1ccccc1. The topological polar surface area (TPSA) is 54.9 Å².